The van der Waals surface area contributed by atoms with Crippen LogP contribution in [0.25, 0.3) is 0 Å². The van der Waals surface area contributed by atoms with Crippen LogP contribution in [0, 0.1) is 11.8 Å². The zero-order chi connectivity index (χ0) is 13.5. The summed E-state index contributed by atoms with van der Waals surface area (Å²) < 4.78 is 5.82. The molecule has 0 aliphatic heterocycles. The summed E-state index contributed by atoms with van der Waals surface area (Å²) in [5, 5.41) is 0. The van der Waals surface area contributed by atoms with E-state index >= 15 is 0 Å². The molecule has 2 saturated carbocycles. The topological polar surface area (TPSA) is 26.3 Å². The summed E-state index contributed by atoms with van der Waals surface area (Å²) in [6.07, 6.45) is 14.8. The summed E-state index contributed by atoms with van der Waals surface area (Å²) >= 11 is 0. The molecule has 2 aliphatic rings. The molecule has 0 heterocycles. The van der Waals surface area contributed by atoms with Crippen molar-refractivity contribution in [3.8, 4) is 0 Å². The first-order valence-corrected chi connectivity index (χ1v) is 8.51. The second kappa shape index (κ2) is 7.91. The highest BCUT2D eigenvalue weighted by atomic mass is 16.5. The molecule has 0 aromatic rings. The minimum Gasteiger partial charge on any atom is -0.462 e. The molecule has 0 radical (unpaired) electrons. The molecule has 0 spiro atoms. The highest BCUT2D eigenvalue weighted by molar-refractivity contribution is 5.73. The van der Waals surface area contributed by atoms with Gasteiger partial charge in [0, 0.05) is 0 Å². The Labute approximate surface area is 118 Å². The highest BCUT2D eigenvalue weighted by Crippen LogP contribution is 2.34. The quantitative estimate of drug-likeness (QED) is 0.664. The van der Waals surface area contributed by atoms with Gasteiger partial charge in [-0.2, -0.15) is 0 Å². The van der Waals surface area contributed by atoms with Crippen LogP contribution in [0.1, 0.15) is 84.0 Å². The minimum absolute atomic E-state index is 0.126. The van der Waals surface area contributed by atoms with Gasteiger partial charge >= 0.3 is 5.97 Å². The van der Waals surface area contributed by atoms with E-state index in [4.69, 9.17) is 4.74 Å². The van der Waals surface area contributed by atoms with Crippen LogP contribution in [-0.2, 0) is 9.53 Å². The summed E-state index contributed by atoms with van der Waals surface area (Å²) in [6.45, 7) is 2.18. The Morgan fingerprint density at radius 1 is 1.00 bits per heavy atom. The molecule has 2 rings (SSSR count). The molecule has 2 nitrogen and oxygen atoms in total. The molecular formula is C17H30O2. The van der Waals surface area contributed by atoms with Gasteiger partial charge in [-0.05, 0) is 50.9 Å². The predicted octanol–water partition coefficient (Wildman–Crippen LogP) is 4.86. The van der Waals surface area contributed by atoms with Crippen molar-refractivity contribution >= 4 is 5.97 Å². The molecule has 0 amide bonds. The molecule has 2 heteroatoms. The van der Waals surface area contributed by atoms with Gasteiger partial charge in [0.15, 0.2) is 0 Å². The Bertz CT molecular complexity index is 262. The maximum Gasteiger partial charge on any atom is 0.309 e. The molecule has 0 aromatic carbocycles. The Balaban J connectivity index is 1.87. The molecule has 0 aromatic heterocycles. The molecule has 0 saturated heterocycles. The lowest BCUT2D eigenvalue weighted by Crippen LogP contribution is -2.31. The molecular weight excluding hydrogens is 236 g/mol. The van der Waals surface area contributed by atoms with Crippen LogP contribution in [-0.4, -0.2) is 12.1 Å². The normalized spacial score (nSPS) is 24.1. The van der Waals surface area contributed by atoms with E-state index in [1.54, 1.807) is 0 Å². The number of hydrogen-bond acceptors (Lipinski definition) is 2. The van der Waals surface area contributed by atoms with Crippen LogP contribution in [0.5, 0.6) is 0 Å². The lowest BCUT2D eigenvalue weighted by Gasteiger charge is -2.31. The number of carbonyl (C=O) groups excluding carboxylic acids is 1. The maximum atomic E-state index is 12.5. The van der Waals surface area contributed by atoms with Crippen molar-refractivity contribution < 1.29 is 9.53 Å². The molecule has 1 atom stereocenters. The Morgan fingerprint density at radius 3 is 2.16 bits per heavy atom. The first kappa shape index (κ1) is 14.9. The Kier molecular flexibility index (Phi) is 6.19. The van der Waals surface area contributed by atoms with E-state index in [9.17, 15) is 4.79 Å². The van der Waals surface area contributed by atoms with Crippen LogP contribution < -0.4 is 0 Å². The summed E-state index contributed by atoms with van der Waals surface area (Å²) in [5.41, 5.74) is 0. The van der Waals surface area contributed by atoms with Crippen molar-refractivity contribution in [3.63, 3.8) is 0 Å². The van der Waals surface area contributed by atoms with Gasteiger partial charge in [0.1, 0.15) is 6.10 Å². The second-order valence-electron chi connectivity index (χ2n) is 6.49. The average Bonchev–Trinajstić information content (AvgIpc) is 2.46. The summed E-state index contributed by atoms with van der Waals surface area (Å²) in [7, 11) is 0. The molecule has 110 valence electrons. The van der Waals surface area contributed by atoms with E-state index in [0.29, 0.717) is 5.92 Å². The van der Waals surface area contributed by atoms with E-state index in [2.05, 4.69) is 6.92 Å². The van der Waals surface area contributed by atoms with Gasteiger partial charge in [0.05, 0.1) is 5.92 Å². The fourth-order valence-electron chi connectivity index (χ4n) is 3.83. The maximum absolute atomic E-state index is 12.5. The number of esters is 1. The third-order valence-corrected chi connectivity index (χ3v) is 4.96. The van der Waals surface area contributed by atoms with Crippen molar-refractivity contribution in [2.24, 2.45) is 11.8 Å². The molecule has 0 bridgehead atoms. The number of rotatable bonds is 5. The average molecular weight is 266 g/mol. The lowest BCUT2D eigenvalue weighted by molar-refractivity contribution is -0.158. The monoisotopic (exact) mass is 266 g/mol. The van der Waals surface area contributed by atoms with Crippen LogP contribution in [0.2, 0.25) is 0 Å². The first-order valence-electron chi connectivity index (χ1n) is 8.51. The molecule has 19 heavy (non-hydrogen) atoms. The van der Waals surface area contributed by atoms with Crippen molar-refractivity contribution in [3.05, 3.63) is 0 Å². The Hall–Kier alpha value is -0.530. The predicted molar refractivity (Wildman–Crippen MR) is 77.9 cm³/mol. The van der Waals surface area contributed by atoms with Crippen LogP contribution in [0.15, 0.2) is 0 Å². The highest BCUT2D eigenvalue weighted by Gasteiger charge is 2.31. The van der Waals surface area contributed by atoms with E-state index in [-0.39, 0.29) is 18.0 Å². The SMILES string of the molecule is CCCC(C(=O)OC1CCCCC1)C1CCCCC1. The summed E-state index contributed by atoms with van der Waals surface area (Å²) in [5.74, 6) is 0.915. The van der Waals surface area contributed by atoms with E-state index < -0.39 is 0 Å². The van der Waals surface area contributed by atoms with Gasteiger partial charge in [-0.3, -0.25) is 4.79 Å². The third kappa shape index (κ3) is 4.50. The fourth-order valence-corrected chi connectivity index (χ4v) is 3.83. The number of ether oxygens (including phenoxy) is 1. The van der Waals surface area contributed by atoms with Crippen molar-refractivity contribution in [1.29, 1.82) is 0 Å². The van der Waals surface area contributed by atoms with E-state index in [1.807, 2.05) is 0 Å². The standard InChI is InChI=1S/C17H30O2/c1-2-9-16(14-10-5-3-6-11-14)17(18)19-15-12-7-4-8-13-15/h14-16H,2-13H2,1H3. The van der Waals surface area contributed by atoms with Gasteiger partial charge in [0.25, 0.3) is 0 Å². The Morgan fingerprint density at radius 2 is 1.58 bits per heavy atom. The zero-order valence-corrected chi connectivity index (χ0v) is 12.5. The number of carbonyl (C=O) groups is 1. The largest absolute Gasteiger partial charge is 0.462 e. The van der Waals surface area contributed by atoms with Crippen molar-refractivity contribution in [2.75, 3.05) is 0 Å². The van der Waals surface area contributed by atoms with Crippen molar-refractivity contribution in [1.82, 2.24) is 0 Å². The summed E-state index contributed by atoms with van der Waals surface area (Å²) in [6, 6.07) is 0. The lowest BCUT2D eigenvalue weighted by atomic mass is 9.78. The number of hydrogen-bond donors (Lipinski definition) is 0. The van der Waals surface area contributed by atoms with Gasteiger partial charge < -0.3 is 4.74 Å². The smallest absolute Gasteiger partial charge is 0.309 e. The first-order chi connectivity index (χ1) is 9.31. The van der Waals surface area contributed by atoms with Gasteiger partial charge in [-0.1, -0.05) is 39.0 Å². The molecule has 2 fully saturated rings. The van der Waals surface area contributed by atoms with E-state index in [0.717, 1.165) is 25.7 Å². The summed E-state index contributed by atoms with van der Waals surface area (Å²) in [4.78, 5) is 12.5. The van der Waals surface area contributed by atoms with Gasteiger partial charge in [-0.25, -0.2) is 0 Å². The van der Waals surface area contributed by atoms with Crippen LogP contribution in [0.3, 0.4) is 0 Å². The van der Waals surface area contributed by atoms with Crippen LogP contribution in [0.4, 0.5) is 0 Å². The van der Waals surface area contributed by atoms with Gasteiger partial charge in [0.2, 0.25) is 0 Å². The van der Waals surface area contributed by atoms with Gasteiger partial charge in [-0.15, -0.1) is 0 Å². The third-order valence-electron chi connectivity index (χ3n) is 4.96. The fraction of sp³-hybridized carbons (Fsp3) is 0.941. The molecule has 0 N–H and O–H groups in total. The second-order valence-corrected chi connectivity index (χ2v) is 6.49. The van der Waals surface area contributed by atoms with Crippen molar-refractivity contribution in [2.45, 2.75) is 90.1 Å². The van der Waals surface area contributed by atoms with E-state index in [1.165, 1.54) is 51.4 Å². The zero-order valence-electron chi connectivity index (χ0n) is 12.5. The molecule has 2 aliphatic carbocycles. The molecule has 1 unspecified atom stereocenters. The minimum atomic E-state index is 0.126. The van der Waals surface area contributed by atoms with Crippen LogP contribution >= 0.6 is 0 Å².